The second-order valence-electron chi connectivity index (χ2n) is 3.89. The van der Waals surface area contributed by atoms with Crippen LogP contribution in [0, 0.1) is 0 Å². The molecule has 6 heteroatoms. The van der Waals surface area contributed by atoms with Crippen molar-refractivity contribution in [2.24, 2.45) is 0 Å². The summed E-state index contributed by atoms with van der Waals surface area (Å²) < 4.78 is 5.32. The third kappa shape index (κ3) is 3.66. The molecule has 0 aliphatic carbocycles. The Kier molecular flexibility index (Phi) is 4.76. The number of ether oxygens (including phenoxy) is 1. The number of rotatable bonds is 3. The van der Waals surface area contributed by atoms with E-state index in [0.717, 1.165) is 30.3 Å². The molecular weight excluding hydrogens is 260 g/mol. The molecule has 0 saturated carbocycles. The molecule has 1 amide bonds. The van der Waals surface area contributed by atoms with Crippen molar-refractivity contribution in [3.8, 4) is 0 Å². The minimum Gasteiger partial charge on any atom is -0.380 e. The number of aromatic nitrogens is 1. The van der Waals surface area contributed by atoms with Gasteiger partial charge in [0.2, 0.25) is 5.91 Å². The van der Waals surface area contributed by atoms with E-state index in [4.69, 9.17) is 16.3 Å². The summed E-state index contributed by atoms with van der Waals surface area (Å²) in [7, 11) is 0. The SMILES string of the molecule is O=C(Cc1nc(CCl)cs1)N1CCCOCC1. The zero-order valence-electron chi connectivity index (χ0n) is 9.52. The molecule has 1 aliphatic heterocycles. The van der Waals surface area contributed by atoms with E-state index in [0.29, 0.717) is 25.5 Å². The van der Waals surface area contributed by atoms with Gasteiger partial charge in [-0.25, -0.2) is 4.98 Å². The van der Waals surface area contributed by atoms with Gasteiger partial charge in [-0.1, -0.05) is 0 Å². The van der Waals surface area contributed by atoms with Crippen LogP contribution in [0.15, 0.2) is 5.38 Å². The molecule has 1 aromatic heterocycles. The lowest BCUT2D eigenvalue weighted by atomic mass is 10.3. The summed E-state index contributed by atoms with van der Waals surface area (Å²) in [5, 5.41) is 2.75. The molecule has 1 fully saturated rings. The van der Waals surface area contributed by atoms with E-state index in [2.05, 4.69) is 4.98 Å². The van der Waals surface area contributed by atoms with Crippen molar-refractivity contribution >= 4 is 28.8 Å². The Balaban J connectivity index is 1.90. The highest BCUT2D eigenvalue weighted by atomic mass is 35.5. The third-order valence-corrected chi connectivity index (χ3v) is 3.79. The van der Waals surface area contributed by atoms with Crippen LogP contribution in [-0.2, 0) is 21.8 Å². The fourth-order valence-corrected chi connectivity index (χ4v) is 2.74. The van der Waals surface area contributed by atoms with Gasteiger partial charge >= 0.3 is 0 Å². The Labute approximate surface area is 110 Å². The number of carbonyl (C=O) groups is 1. The highest BCUT2D eigenvalue weighted by Gasteiger charge is 2.17. The van der Waals surface area contributed by atoms with Crippen molar-refractivity contribution < 1.29 is 9.53 Å². The minimum atomic E-state index is 0.131. The monoisotopic (exact) mass is 274 g/mol. The zero-order valence-corrected chi connectivity index (χ0v) is 11.1. The normalized spacial score (nSPS) is 16.9. The molecule has 0 unspecified atom stereocenters. The number of hydrogen-bond donors (Lipinski definition) is 0. The number of hydrogen-bond acceptors (Lipinski definition) is 4. The maximum Gasteiger partial charge on any atom is 0.229 e. The number of halogens is 1. The molecule has 0 aromatic carbocycles. The van der Waals surface area contributed by atoms with E-state index >= 15 is 0 Å². The lowest BCUT2D eigenvalue weighted by Gasteiger charge is -2.18. The van der Waals surface area contributed by atoms with E-state index in [1.165, 1.54) is 11.3 Å². The number of amides is 1. The van der Waals surface area contributed by atoms with E-state index in [1.807, 2.05) is 10.3 Å². The first-order valence-corrected chi connectivity index (χ1v) is 7.06. The average Bonchev–Trinajstić information content (AvgIpc) is 2.62. The second-order valence-corrected chi connectivity index (χ2v) is 5.10. The summed E-state index contributed by atoms with van der Waals surface area (Å²) in [5.41, 5.74) is 0.846. The highest BCUT2D eigenvalue weighted by Crippen LogP contribution is 2.13. The highest BCUT2D eigenvalue weighted by molar-refractivity contribution is 7.09. The summed E-state index contributed by atoms with van der Waals surface area (Å²) >= 11 is 7.18. The van der Waals surface area contributed by atoms with Crippen molar-refractivity contribution in [3.05, 3.63) is 16.1 Å². The van der Waals surface area contributed by atoms with E-state index in [-0.39, 0.29) is 5.91 Å². The van der Waals surface area contributed by atoms with Gasteiger partial charge in [-0.05, 0) is 6.42 Å². The molecule has 0 radical (unpaired) electrons. The molecule has 1 saturated heterocycles. The Hall–Kier alpha value is -0.650. The van der Waals surface area contributed by atoms with Crippen LogP contribution in [-0.4, -0.2) is 42.1 Å². The first-order chi connectivity index (χ1) is 8.29. The fourth-order valence-electron chi connectivity index (χ4n) is 1.73. The van der Waals surface area contributed by atoms with Gasteiger partial charge in [0, 0.05) is 25.1 Å². The topological polar surface area (TPSA) is 42.4 Å². The minimum absolute atomic E-state index is 0.131. The Morgan fingerprint density at radius 1 is 1.53 bits per heavy atom. The summed E-state index contributed by atoms with van der Waals surface area (Å²) in [6.45, 7) is 2.85. The van der Waals surface area contributed by atoms with Gasteiger partial charge in [-0.3, -0.25) is 4.79 Å². The average molecular weight is 275 g/mol. The number of thiazole rings is 1. The van der Waals surface area contributed by atoms with Crippen LogP contribution in [0.25, 0.3) is 0 Å². The van der Waals surface area contributed by atoms with Crippen molar-refractivity contribution in [1.29, 1.82) is 0 Å². The predicted octanol–water partition coefficient (Wildman–Crippen LogP) is 1.67. The number of carbonyl (C=O) groups excluding carboxylic acids is 1. The molecular formula is C11H15ClN2O2S. The quantitative estimate of drug-likeness (QED) is 0.788. The molecule has 0 atom stereocenters. The van der Waals surface area contributed by atoms with Crippen molar-refractivity contribution in [2.75, 3.05) is 26.3 Å². The first-order valence-electron chi connectivity index (χ1n) is 5.64. The first kappa shape index (κ1) is 12.8. The van der Waals surface area contributed by atoms with Crippen LogP contribution in [0.3, 0.4) is 0 Å². The summed E-state index contributed by atoms with van der Waals surface area (Å²) in [6, 6.07) is 0. The molecule has 1 aromatic rings. The van der Waals surface area contributed by atoms with Crippen LogP contribution in [0.1, 0.15) is 17.1 Å². The van der Waals surface area contributed by atoms with Gasteiger partial charge < -0.3 is 9.64 Å². The largest absolute Gasteiger partial charge is 0.380 e. The van der Waals surface area contributed by atoms with Crippen LogP contribution in [0.5, 0.6) is 0 Å². The third-order valence-electron chi connectivity index (χ3n) is 2.61. The molecule has 17 heavy (non-hydrogen) atoms. The van der Waals surface area contributed by atoms with Gasteiger partial charge in [-0.15, -0.1) is 22.9 Å². The fraction of sp³-hybridized carbons (Fsp3) is 0.636. The molecule has 0 spiro atoms. The second kappa shape index (κ2) is 6.33. The standard InChI is InChI=1S/C11H15ClN2O2S/c12-7-9-8-17-10(13-9)6-11(15)14-2-1-4-16-5-3-14/h8H,1-7H2. The molecule has 4 nitrogen and oxygen atoms in total. The van der Waals surface area contributed by atoms with E-state index < -0.39 is 0 Å². The summed E-state index contributed by atoms with van der Waals surface area (Å²) in [4.78, 5) is 18.2. The molecule has 0 N–H and O–H groups in total. The molecule has 1 aliphatic rings. The van der Waals surface area contributed by atoms with Gasteiger partial charge in [-0.2, -0.15) is 0 Å². The van der Waals surface area contributed by atoms with E-state index in [1.54, 1.807) is 0 Å². The van der Waals surface area contributed by atoms with Gasteiger partial charge in [0.1, 0.15) is 5.01 Å². The van der Waals surface area contributed by atoms with Crippen molar-refractivity contribution in [1.82, 2.24) is 9.88 Å². The maximum atomic E-state index is 12.0. The van der Waals surface area contributed by atoms with Crippen LogP contribution < -0.4 is 0 Å². The summed E-state index contributed by atoms with van der Waals surface area (Å²) in [5.74, 6) is 0.536. The van der Waals surface area contributed by atoms with Crippen molar-refractivity contribution in [3.63, 3.8) is 0 Å². The maximum absolute atomic E-state index is 12.0. The molecule has 2 rings (SSSR count). The lowest BCUT2D eigenvalue weighted by molar-refractivity contribution is -0.130. The van der Waals surface area contributed by atoms with Crippen LogP contribution in [0.4, 0.5) is 0 Å². The molecule has 0 bridgehead atoms. The van der Waals surface area contributed by atoms with Gasteiger partial charge in [0.15, 0.2) is 0 Å². The van der Waals surface area contributed by atoms with Gasteiger partial charge in [0.25, 0.3) is 0 Å². The van der Waals surface area contributed by atoms with Crippen LogP contribution in [0.2, 0.25) is 0 Å². The predicted molar refractivity (Wildman–Crippen MR) is 67.4 cm³/mol. The van der Waals surface area contributed by atoms with Gasteiger partial charge in [0.05, 0.1) is 24.6 Å². The summed E-state index contributed by atoms with van der Waals surface area (Å²) in [6.07, 6.45) is 1.29. The van der Waals surface area contributed by atoms with Crippen molar-refractivity contribution in [2.45, 2.75) is 18.7 Å². The number of nitrogens with zero attached hydrogens (tertiary/aromatic N) is 2. The lowest BCUT2D eigenvalue weighted by Crippen LogP contribution is -2.34. The number of alkyl halides is 1. The zero-order chi connectivity index (χ0) is 12.1. The Morgan fingerprint density at radius 3 is 3.18 bits per heavy atom. The van der Waals surface area contributed by atoms with Crippen LogP contribution >= 0.6 is 22.9 Å². The Bertz CT molecular complexity index is 375. The molecule has 94 valence electrons. The Morgan fingerprint density at radius 2 is 2.41 bits per heavy atom. The van der Waals surface area contributed by atoms with E-state index in [9.17, 15) is 4.79 Å². The smallest absolute Gasteiger partial charge is 0.229 e. The molecule has 2 heterocycles.